The Morgan fingerprint density at radius 1 is 0.542 bits per heavy atom. The molecular formula is C49H92N8O2. The minimum absolute atomic E-state index is 0.0407. The van der Waals surface area contributed by atoms with Gasteiger partial charge in [0.2, 0.25) is 17.8 Å². The second-order valence-electron chi connectivity index (χ2n) is 22.7. The third-order valence-electron chi connectivity index (χ3n) is 14.1. The first-order valence-corrected chi connectivity index (χ1v) is 24.8. The molecular weight excluding hydrogens is 733 g/mol. The Labute approximate surface area is 362 Å². The summed E-state index contributed by atoms with van der Waals surface area (Å²) in [5.74, 6) is 3.39. The van der Waals surface area contributed by atoms with E-state index in [4.69, 9.17) is 24.6 Å². The van der Waals surface area contributed by atoms with Gasteiger partial charge in [0, 0.05) is 40.8 Å². The third kappa shape index (κ3) is 14.9. The Balaban J connectivity index is 1.09. The normalized spacial score (nSPS) is 23.6. The van der Waals surface area contributed by atoms with Gasteiger partial charge in [0.15, 0.2) is 0 Å². The minimum atomic E-state index is -0.0950. The highest BCUT2D eigenvalue weighted by atomic mass is 16.7. The number of rotatable bonds is 22. The van der Waals surface area contributed by atoms with Crippen LogP contribution < -0.4 is 16.0 Å². The van der Waals surface area contributed by atoms with Crippen LogP contribution in [0.25, 0.3) is 0 Å². The van der Waals surface area contributed by atoms with Crippen LogP contribution in [-0.2, 0) is 9.68 Å². The number of hydrogen-bond donors (Lipinski definition) is 3. The molecule has 10 nitrogen and oxygen atoms in total. The molecule has 0 unspecified atom stereocenters. The Hall–Kier alpha value is -1.75. The maximum absolute atomic E-state index is 6.76. The van der Waals surface area contributed by atoms with Crippen LogP contribution in [0, 0.1) is 11.8 Å². The van der Waals surface area contributed by atoms with Gasteiger partial charge in [-0.05, 0) is 152 Å². The molecule has 0 radical (unpaired) electrons. The summed E-state index contributed by atoms with van der Waals surface area (Å²) in [5, 5.41) is 15.6. The average molecular weight is 825 g/mol. The molecule has 5 rings (SSSR count). The molecule has 4 fully saturated rings. The van der Waals surface area contributed by atoms with Gasteiger partial charge in [-0.15, -0.1) is 0 Å². The molecule has 1 aromatic heterocycles. The van der Waals surface area contributed by atoms with E-state index in [0.717, 1.165) is 32.4 Å². The van der Waals surface area contributed by atoms with Gasteiger partial charge in [0.25, 0.3) is 0 Å². The van der Waals surface area contributed by atoms with Crippen molar-refractivity contribution in [1.29, 1.82) is 0 Å². The first-order chi connectivity index (χ1) is 27.9. The Kier molecular flexibility index (Phi) is 17.6. The van der Waals surface area contributed by atoms with Crippen molar-refractivity contribution in [1.82, 2.24) is 25.1 Å². The Bertz CT molecular complexity index is 1260. The first kappa shape index (κ1) is 48.3. The van der Waals surface area contributed by atoms with E-state index in [1.54, 1.807) is 0 Å². The predicted molar refractivity (Wildman–Crippen MR) is 248 cm³/mol. The van der Waals surface area contributed by atoms with Crippen molar-refractivity contribution in [2.24, 2.45) is 11.8 Å². The van der Waals surface area contributed by atoms with Gasteiger partial charge in [-0.1, -0.05) is 90.4 Å². The SMILES string of the molecule is CCCCCC(C)(C)Nc1nc(NCCCCC2CC(C)(C)N(OC3CCCCC3)C(C)(C)C2)nc(NCCCCC2CC(C)(C)N(OC3CCCCC3)C(C)(C)C2)n1. The van der Waals surface area contributed by atoms with Crippen LogP contribution in [0.3, 0.4) is 0 Å². The van der Waals surface area contributed by atoms with Crippen LogP contribution in [0.15, 0.2) is 0 Å². The van der Waals surface area contributed by atoms with Crippen molar-refractivity contribution >= 4 is 17.8 Å². The number of unbranched alkanes of at least 4 members (excludes halogenated alkanes) is 4. The first-order valence-electron chi connectivity index (χ1n) is 24.8. The van der Waals surface area contributed by atoms with E-state index in [-0.39, 0.29) is 27.7 Å². The molecule has 0 amide bonds. The molecule has 0 aromatic carbocycles. The van der Waals surface area contributed by atoms with Crippen LogP contribution in [0.4, 0.5) is 17.8 Å². The zero-order chi connectivity index (χ0) is 42.7. The monoisotopic (exact) mass is 825 g/mol. The van der Waals surface area contributed by atoms with Crippen molar-refractivity contribution in [2.75, 3.05) is 29.0 Å². The molecule has 0 bridgehead atoms. The molecule has 3 heterocycles. The van der Waals surface area contributed by atoms with Crippen LogP contribution in [0.1, 0.15) is 230 Å². The molecule has 1 aromatic rings. The maximum atomic E-state index is 6.76. The van der Waals surface area contributed by atoms with Gasteiger partial charge in [-0.2, -0.15) is 25.1 Å². The molecule has 2 aliphatic carbocycles. The number of hydroxylamine groups is 4. The molecule has 59 heavy (non-hydrogen) atoms. The van der Waals surface area contributed by atoms with E-state index in [0.29, 0.717) is 41.9 Å². The molecule has 2 saturated heterocycles. The van der Waals surface area contributed by atoms with Crippen molar-refractivity contribution in [3.8, 4) is 0 Å². The number of piperidine rings is 2. The van der Waals surface area contributed by atoms with E-state index in [9.17, 15) is 0 Å². The Morgan fingerprint density at radius 2 is 0.932 bits per heavy atom. The zero-order valence-corrected chi connectivity index (χ0v) is 40.2. The average Bonchev–Trinajstić information content (AvgIpc) is 3.14. The lowest BCUT2D eigenvalue weighted by molar-refractivity contribution is -0.314. The highest BCUT2D eigenvalue weighted by Crippen LogP contribution is 2.46. The van der Waals surface area contributed by atoms with Gasteiger partial charge >= 0.3 is 0 Å². The van der Waals surface area contributed by atoms with Crippen molar-refractivity contribution in [3.63, 3.8) is 0 Å². The van der Waals surface area contributed by atoms with Crippen LogP contribution in [-0.4, -0.2) is 78.1 Å². The van der Waals surface area contributed by atoms with Crippen molar-refractivity contribution in [3.05, 3.63) is 0 Å². The quantitative estimate of drug-likeness (QED) is 0.0980. The van der Waals surface area contributed by atoms with E-state index in [2.05, 4.69) is 102 Å². The van der Waals surface area contributed by atoms with Crippen molar-refractivity contribution in [2.45, 2.75) is 270 Å². The fourth-order valence-electron chi connectivity index (χ4n) is 11.8. The summed E-state index contributed by atoms with van der Waals surface area (Å²) >= 11 is 0. The summed E-state index contributed by atoms with van der Waals surface area (Å²) in [6, 6.07) is 0. The largest absolute Gasteiger partial charge is 0.354 e. The number of nitrogens with one attached hydrogen (secondary N) is 3. The number of hydrogen-bond acceptors (Lipinski definition) is 10. The summed E-state index contributed by atoms with van der Waals surface area (Å²) < 4.78 is 0. The second-order valence-corrected chi connectivity index (χ2v) is 22.7. The summed E-state index contributed by atoms with van der Waals surface area (Å²) in [6.07, 6.45) is 30.1. The Morgan fingerprint density at radius 3 is 1.32 bits per heavy atom. The number of anilines is 3. The minimum Gasteiger partial charge on any atom is -0.354 e. The summed E-state index contributed by atoms with van der Waals surface area (Å²) in [6.45, 7) is 27.7. The smallest absolute Gasteiger partial charge is 0.229 e. The van der Waals surface area contributed by atoms with Gasteiger partial charge in [0.05, 0.1) is 12.2 Å². The molecule has 10 heteroatoms. The highest BCUT2D eigenvalue weighted by Gasteiger charge is 2.48. The fourth-order valence-corrected chi connectivity index (χ4v) is 11.8. The number of nitrogens with zero attached hydrogens (tertiary/aromatic N) is 5. The van der Waals surface area contributed by atoms with Crippen molar-refractivity contribution < 1.29 is 9.68 Å². The lowest BCUT2D eigenvalue weighted by atomic mass is 9.73. The molecule has 0 atom stereocenters. The number of aromatic nitrogens is 3. The molecule has 4 aliphatic rings. The zero-order valence-electron chi connectivity index (χ0n) is 40.2. The topological polar surface area (TPSA) is 99.7 Å². The van der Waals surface area contributed by atoms with E-state index < -0.39 is 0 Å². The van der Waals surface area contributed by atoms with Crippen LogP contribution in [0.2, 0.25) is 0 Å². The molecule has 0 spiro atoms. The summed E-state index contributed by atoms with van der Waals surface area (Å²) in [5.41, 5.74) is 0.0677. The van der Waals surface area contributed by atoms with Gasteiger partial charge in [-0.3, -0.25) is 9.68 Å². The van der Waals surface area contributed by atoms with E-state index in [1.807, 2.05) is 0 Å². The summed E-state index contributed by atoms with van der Waals surface area (Å²) in [4.78, 5) is 28.2. The highest BCUT2D eigenvalue weighted by molar-refractivity contribution is 5.43. The maximum Gasteiger partial charge on any atom is 0.229 e. The lowest BCUT2D eigenvalue weighted by Gasteiger charge is -2.55. The second kappa shape index (κ2) is 21.6. The molecule has 2 aliphatic heterocycles. The molecule has 3 N–H and O–H groups in total. The molecule has 340 valence electrons. The van der Waals surface area contributed by atoms with Crippen LogP contribution >= 0.6 is 0 Å². The van der Waals surface area contributed by atoms with Gasteiger partial charge < -0.3 is 16.0 Å². The van der Waals surface area contributed by atoms with Crippen LogP contribution in [0.5, 0.6) is 0 Å². The fraction of sp³-hybridized carbons (Fsp3) is 0.939. The van der Waals surface area contributed by atoms with E-state index >= 15 is 0 Å². The third-order valence-corrected chi connectivity index (χ3v) is 14.1. The predicted octanol–water partition coefficient (Wildman–Crippen LogP) is 12.9. The van der Waals surface area contributed by atoms with Gasteiger partial charge in [0.1, 0.15) is 0 Å². The standard InChI is InChI=1S/C49H92N8O2/c1-12-13-22-31-45(2,3)55-44-53-42(50-32-23-20-25-38-34-46(4,5)56(47(6,7)35-38)58-40-27-16-14-17-28-40)52-43(54-44)51-33-24-21-26-39-36-48(8,9)57(49(10,11)37-39)59-41-29-18-15-19-30-41/h38-41H,12-37H2,1-11H3,(H3,50,51,52,53,54,55). The lowest BCUT2D eigenvalue weighted by Crippen LogP contribution is -2.61. The summed E-state index contributed by atoms with van der Waals surface area (Å²) in [7, 11) is 0. The van der Waals surface area contributed by atoms with E-state index in [1.165, 1.54) is 135 Å². The van der Waals surface area contributed by atoms with Gasteiger partial charge in [-0.25, -0.2) is 0 Å². The molecule has 2 saturated carbocycles.